The van der Waals surface area contributed by atoms with Crippen molar-refractivity contribution in [1.29, 1.82) is 0 Å². The zero-order valence-electron chi connectivity index (χ0n) is 16.5. The third-order valence-electron chi connectivity index (χ3n) is 4.52. The molecule has 1 amide bonds. The molecule has 28 heavy (non-hydrogen) atoms. The van der Waals surface area contributed by atoms with Crippen molar-refractivity contribution >= 4 is 17.4 Å². The Morgan fingerprint density at radius 3 is 2.68 bits per heavy atom. The van der Waals surface area contributed by atoms with E-state index in [1.54, 1.807) is 19.4 Å². The van der Waals surface area contributed by atoms with Gasteiger partial charge in [-0.25, -0.2) is 4.98 Å². The Hall–Kier alpha value is -3.34. The molecule has 1 aromatic heterocycles. The van der Waals surface area contributed by atoms with Gasteiger partial charge in [0.25, 0.3) is 5.91 Å². The monoisotopic (exact) mass is 375 g/mol. The highest BCUT2D eigenvalue weighted by molar-refractivity contribution is 6.04. The molecule has 5 heteroatoms. The van der Waals surface area contributed by atoms with Crippen LogP contribution in [0.1, 0.15) is 27.0 Å². The van der Waals surface area contributed by atoms with Crippen LogP contribution < -0.4 is 15.4 Å². The number of benzene rings is 2. The minimum Gasteiger partial charge on any atom is -0.497 e. The smallest absolute Gasteiger partial charge is 0.257 e. The second-order valence-corrected chi connectivity index (χ2v) is 6.73. The molecule has 3 aromatic rings. The fourth-order valence-corrected chi connectivity index (χ4v) is 2.86. The van der Waals surface area contributed by atoms with E-state index in [-0.39, 0.29) is 5.91 Å². The number of methoxy groups -OCH3 is 1. The van der Waals surface area contributed by atoms with Crippen molar-refractivity contribution < 1.29 is 9.53 Å². The first-order valence-corrected chi connectivity index (χ1v) is 9.26. The van der Waals surface area contributed by atoms with E-state index in [4.69, 9.17) is 4.74 Å². The maximum Gasteiger partial charge on any atom is 0.257 e. The molecule has 0 aliphatic heterocycles. The first-order chi connectivity index (χ1) is 13.5. The summed E-state index contributed by atoms with van der Waals surface area (Å²) in [5, 5.41) is 6.23. The lowest BCUT2D eigenvalue weighted by molar-refractivity contribution is 0.102. The van der Waals surface area contributed by atoms with Crippen LogP contribution in [0, 0.1) is 13.8 Å². The van der Waals surface area contributed by atoms with E-state index in [1.807, 2.05) is 56.3 Å². The number of aromatic nitrogens is 1. The number of rotatable bonds is 7. The molecule has 144 valence electrons. The molecule has 2 aromatic carbocycles. The highest BCUT2D eigenvalue weighted by Gasteiger charge is 2.08. The summed E-state index contributed by atoms with van der Waals surface area (Å²) < 4.78 is 5.24. The quantitative estimate of drug-likeness (QED) is 0.633. The van der Waals surface area contributed by atoms with Crippen LogP contribution in [0.3, 0.4) is 0 Å². The van der Waals surface area contributed by atoms with Crippen LogP contribution in [0.2, 0.25) is 0 Å². The second-order valence-electron chi connectivity index (χ2n) is 6.73. The summed E-state index contributed by atoms with van der Waals surface area (Å²) >= 11 is 0. The predicted octanol–water partition coefficient (Wildman–Crippen LogP) is 4.61. The number of amides is 1. The molecule has 0 spiro atoms. The van der Waals surface area contributed by atoms with Crippen LogP contribution >= 0.6 is 0 Å². The zero-order valence-corrected chi connectivity index (χ0v) is 16.5. The lowest BCUT2D eigenvalue weighted by atomic mass is 10.1. The van der Waals surface area contributed by atoms with Gasteiger partial charge in [0.15, 0.2) is 0 Å². The molecule has 0 saturated carbocycles. The summed E-state index contributed by atoms with van der Waals surface area (Å²) in [5.41, 5.74) is 4.68. The van der Waals surface area contributed by atoms with Gasteiger partial charge in [-0.2, -0.15) is 0 Å². The largest absolute Gasteiger partial charge is 0.497 e. The van der Waals surface area contributed by atoms with Crippen molar-refractivity contribution in [2.75, 3.05) is 24.3 Å². The standard InChI is InChI=1S/C23H25N3O2/c1-16-7-8-17(2)21(13-16)26-23(27)19-9-10-22(25-15-19)24-12-11-18-5-4-6-20(14-18)28-3/h4-10,13-15H,11-12H2,1-3H3,(H,24,25)(H,26,27). The van der Waals surface area contributed by atoms with Gasteiger partial charge in [0, 0.05) is 18.4 Å². The number of pyridine rings is 1. The van der Waals surface area contributed by atoms with Gasteiger partial charge in [0.05, 0.1) is 12.7 Å². The maximum absolute atomic E-state index is 12.5. The molecule has 2 N–H and O–H groups in total. The molecule has 5 nitrogen and oxygen atoms in total. The molecule has 0 saturated heterocycles. The second kappa shape index (κ2) is 9.04. The fraction of sp³-hybridized carbons (Fsp3) is 0.217. The van der Waals surface area contributed by atoms with Crippen LogP contribution in [0.4, 0.5) is 11.5 Å². The molecule has 0 unspecified atom stereocenters. The average molecular weight is 375 g/mol. The van der Waals surface area contributed by atoms with Crippen molar-refractivity contribution in [2.24, 2.45) is 0 Å². The average Bonchev–Trinajstić information content (AvgIpc) is 2.71. The van der Waals surface area contributed by atoms with E-state index in [1.165, 1.54) is 5.56 Å². The van der Waals surface area contributed by atoms with Gasteiger partial charge in [0.1, 0.15) is 11.6 Å². The third kappa shape index (κ3) is 5.10. The molecule has 0 atom stereocenters. The van der Waals surface area contributed by atoms with Crippen LogP contribution in [0.25, 0.3) is 0 Å². The van der Waals surface area contributed by atoms with Gasteiger partial charge < -0.3 is 15.4 Å². The number of ether oxygens (including phenoxy) is 1. The molecule has 0 bridgehead atoms. The number of carbonyl (C=O) groups is 1. The summed E-state index contributed by atoms with van der Waals surface area (Å²) in [7, 11) is 1.67. The minimum atomic E-state index is -0.163. The Labute approximate surface area is 165 Å². The zero-order chi connectivity index (χ0) is 19.9. The summed E-state index contributed by atoms with van der Waals surface area (Å²) in [6, 6.07) is 17.6. The Morgan fingerprint density at radius 1 is 1.07 bits per heavy atom. The molecular formula is C23H25N3O2. The summed E-state index contributed by atoms with van der Waals surface area (Å²) in [4.78, 5) is 16.8. The van der Waals surface area contributed by atoms with Gasteiger partial charge in [-0.3, -0.25) is 4.79 Å². The molecule has 0 aliphatic carbocycles. The van der Waals surface area contributed by atoms with Gasteiger partial charge >= 0.3 is 0 Å². The van der Waals surface area contributed by atoms with Gasteiger partial charge in [-0.15, -0.1) is 0 Å². The maximum atomic E-state index is 12.5. The topological polar surface area (TPSA) is 63.2 Å². The van der Waals surface area contributed by atoms with Crippen LogP contribution in [0.5, 0.6) is 5.75 Å². The highest BCUT2D eigenvalue weighted by Crippen LogP contribution is 2.18. The Balaban J connectivity index is 1.55. The number of nitrogens with one attached hydrogen (secondary N) is 2. The number of hydrogen-bond acceptors (Lipinski definition) is 4. The van der Waals surface area contributed by atoms with Crippen molar-refractivity contribution in [3.63, 3.8) is 0 Å². The van der Waals surface area contributed by atoms with E-state index in [9.17, 15) is 4.79 Å². The molecule has 1 heterocycles. The minimum absolute atomic E-state index is 0.163. The number of aryl methyl sites for hydroxylation is 2. The molecular weight excluding hydrogens is 350 g/mol. The Bertz CT molecular complexity index is 952. The summed E-state index contributed by atoms with van der Waals surface area (Å²) in [5.74, 6) is 1.44. The van der Waals surface area contributed by atoms with Crippen molar-refractivity contribution in [1.82, 2.24) is 4.98 Å². The molecule has 0 aliphatic rings. The van der Waals surface area contributed by atoms with Crippen LogP contribution in [-0.4, -0.2) is 24.5 Å². The van der Waals surface area contributed by atoms with Gasteiger partial charge in [0.2, 0.25) is 0 Å². The van der Waals surface area contributed by atoms with Crippen molar-refractivity contribution in [3.05, 3.63) is 83.0 Å². The molecule has 0 fully saturated rings. The van der Waals surface area contributed by atoms with E-state index < -0.39 is 0 Å². The normalized spacial score (nSPS) is 10.4. The van der Waals surface area contributed by atoms with Gasteiger partial charge in [-0.1, -0.05) is 24.3 Å². The fourth-order valence-electron chi connectivity index (χ4n) is 2.86. The lowest BCUT2D eigenvalue weighted by Crippen LogP contribution is -2.14. The number of nitrogens with zero attached hydrogens (tertiary/aromatic N) is 1. The third-order valence-corrected chi connectivity index (χ3v) is 4.52. The highest BCUT2D eigenvalue weighted by atomic mass is 16.5. The number of carbonyl (C=O) groups excluding carboxylic acids is 1. The summed E-state index contributed by atoms with van der Waals surface area (Å²) in [6.07, 6.45) is 2.45. The molecule has 0 radical (unpaired) electrons. The number of anilines is 2. The predicted molar refractivity (Wildman–Crippen MR) is 113 cm³/mol. The Morgan fingerprint density at radius 2 is 1.93 bits per heavy atom. The van der Waals surface area contributed by atoms with Crippen molar-refractivity contribution in [3.8, 4) is 5.75 Å². The first kappa shape index (κ1) is 19.4. The van der Waals surface area contributed by atoms with E-state index in [0.29, 0.717) is 5.56 Å². The van der Waals surface area contributed by atoms with E-state index in [2.05, 4.69) is 21.7 Å². The summed E-state index contributed by atoms with van der Waals surface area (Å²) in [6.45, 7) is 4.72. The van der Waals surface area contributed by atoms with Crippen molar-refractivity contribution in [2.45, 2.75) is 20.3 Å². The first-order valence-electron chi connectivity index (χ1n) is 9.26. The van der Waals surface area contributed by atoms with Crippen LogP contribution in [-0.2, 0) is 6.42 Å². The lowest BCUT2D eigenvalue weighted by Gasteiger charge is -2.10. The van der Waals surface area contributed by atoms with E-state index >= 15 is 0 Å². The number of hydrogen-bond donors (Lipinski definition) is 2. The Kier molecular flexibility index (Phi) is 6.27. The van der Waals surface area contributed by atoms with E-state index in [0.717, 1.165) is 41.3 Å². The SMILES string of the molecule is COc1cccc(CCNc2ccc(C(=O)Nc3cc(C)ccc3C)cn2)c1. The van der Waals surface area contributed by atoms with Crippen LogP contribution in [0.15, 0.2) is 60.8 Å². The molecule has 3 rings (SSSR count). The van der Waals surface area contributed by atoms with Gasteiger partial charge in [-0.05, 0) is 67.3 Å².